The van der Waals surface area contributed by atoms with E-state index >= 15 is 0 Å². The van der Waals surface area contributed by atoms with Crippen molar-refractivity contribution in [3.8, 4) is 16.9 Å². The molecule has 1 aromatic heterocycles. The fourth-order valence-corrected chi connectivity index (χ4v) is 3.05. The number of rotatable bonds is 5. The Labute approximate surface area is 167 Å². The summed E-state index contributed by atoms with van der Waals surface area (Å²) in [5, 5.41) is 3.64. The molecule has 0 unspecified atom stereocenters. The molecule has 4 rings (SSSR count). The Kier molecular flexibility index (Phi) is 5.12. The van der Waals surface area contributed by atoms with Gasteiger partial charge in [-0.15, -0.1) is 0 Å². The Morgan fingerprint density at radius 2 is 1.76 bits per heavy atom. The molecule has 29 heavy (non-hydrogen) atoms. The molecule has 1 heterocycles. The molecule has 0 atom stereocenters. The minimum atomic E-state index is -0.396. The molecule has 0 fully saturated rings. The molecule has 3 aromatic carbocycles. The number of hydrogen-bond donors (Lipinski definition) is 1. The van der Waals surface area contributed by atoms with Crippen LogP contribution in [0, 0.1) is 6.92 Å². The SMILES string of the molecule is Cc1cccc(OCC(=O)Nc2ccc(-c3cc4ccccc4oc3=O)cc2)c1. The van der Waals surface area contributed by atoms with Gasteiger partial charge in [-0.25, -0.2) is 4.79 Å². The smallest absolute Gasteiger partial charge is 0.344 e. The molecular weight excluding hydrogens is 366 g/mol. The molecule has 4 aromatic rings. The molecule has 0 aliphatic heterocycles. The van der Waals surface area contributed by atoms with Crippen molar-refractivity contribution >= 4 is 22.6 Å². The van der Waals surface area contributed by atoms with Gasteiger partial charge < -0.3 is 14.5 Å². The van der Waals surface area contributed by atoms with E-state index in [0.717, 1.165) is 16.5 Å². The summed E-state index contributed by atoms with van der Waals surface area (Å²) in [6.07, 6.45) is 0. The second kappa shape index (κ2) is 8.02. The van der Waals surface area contributed by atoms with Gasteiger partial charge in [0.1, 0.15) is 11.3 Å². The largest absolute Gasteiger partial charge is 0.484 e. The number of anilines is 1. The second-order valence-corrected chi connectivity index (χ2v) is 6.72. The predicted octanol–water partition coefficient (Wildman–Crippen LogP) is 4.79. The lowest BCUT2D eigenvalue weighted by atomic mass is 10.1. The molecule has 0 radical (unpaired) electrons. The third kappa shape index (κ3) is 4.35. The summed E-state index contributed by atoms with van der Waals surface area (Å²) in [5.41, 5.74) is 3.04. The van der Waals surface area contributed by atoms with Gasteiger partial charge in [0, 0.05) is 11.1 Å². The van der Waals surface area contributed by atoms with Crippen LogP contribution in [0.3, 0.4) is 0 Å². The summed E-state index contributed by atoms with van der Waals surface area (Å²) in [4.78, 5) is 24.4. The maximum Gasteiger partial charge on any atom is 0.344 e. The van der Waals surface area contributed by atoms with Gasteiger partial charge in [-0.05, 0) is 54.4 Å². The standard InChI is InChI=1S/C24H19NO4/c1-16-5-4-7-20(13-16)28-15-23(26)25-19-11-9-17(10-12-19)21-14-18-6-2-3-8-22(18)29-24(21)27/h2-14H,15H2,1H3,(H,25,26). The number of para-hydroxylation sites is 1. The van der Waals surface area contributed by atoms with Gasteiger partial charge >= 0.3 is 5.63 Å². The van der Waals surface area contributed by atoms with E-state index in [9.17, 15) is 9.59 Å². The summed E-state index contributed by atoms with van der Waals surface area (Å²) in [6.45, 7) is 1.88. The van der Waals surface area contributed by atoms with Crippen molar-refractivity contribution in [3.63, 3.8) is 0 Å². The summed E-state index contributed by atoms with van der Waals surface area (Å²) in [5.74, 6) is 0.392. The van der Waals surface area contributed by atoms with Crippen LogP contribution in [0.2, 0.25) is 0 Å². The predicted molar refractivity (Wildman–Crippen MR) is 113 cm³/mol. The van der Waals surface area contributed by atoms with Crippen molar-refractivity contribution in [2.75, 3.05) is 11.9 Å². The minimum Gasteiger partial charge on any atom is -0.484 e. The molecule has 0 bridgehead atoms. The molecule has 5 heteroatoms. The first-order valence-corrected chi connectivity index (χ1v) is 9.21. The third-order valence-electron chi connectivity index (χ3n) is 4.48. The van der Waals surface area contributed by atoms with Crippen molar-refractivity contribution in [2.24, 2.45) is 0 Å². The fourth-order valence-electron chi connectivity index (χ4n) is 3.05. The molecule has 1 amide bonds. The van der Waals surface area contributed by atoms with E-state index in [1.54, 1.807) is 30.3 Å². The van der Waals surface area contributed by atoms with Gasteiger partial charge in [-0.2, -0.15) is 0 Å². The number of carbonyl (C=O) groups is 1. The van der Waals surface area contributed by atoms with Gasteiger partial charge in [-0.1, -0.05) is 42.5 Å². The second-order valence-electron chi connectivity index (χ2n) is 6.72. The summed E-state index contributed by atoms with van der Waals surface area (Å²) in [6, 6.07) is 23.7. The van der Waals surface area contributed by atoms with Gasteiger partial charge in [0.15, 0.2) is 6.61 Å². The zero-order valence-electron chi connectivity index (χ0n) is 15.8. The van der Waals surface area contributed by atoms with Gasteiger partial charge in [-0.3, -0.25) is 4.79 Å². The Balaban J connectivity index is 1.44. The Hall–Kier alpha value is -3.86. The van der Waals surface area contributed by atoms with Gasteiger partial charge in [0.05, 0.1) is 5.56 Å². The molecule has 5 nitrogen and oxygen atoms in total. The minimum absolute atomic E-state index is 0.0839. The average molecular weight is 385 g/mol. The number of benzene rings is 3. The van der Waals surface area contributed by atoms with E-state index in [1.165, 1.54) is 0 Å². The van der Waals surface area contributed by atoms with Crippen molar-refractivity contribution in [1.29, 1.82) is 0 Å². The molecule has 0 saturated carbocycles. The first kappa shape index (κ1) is 18.5. The third-order valence-corrected chi connectivity index (χ3v) is 4.48. The Morgan fingerprint density at radius 1 is 0.966 bits per heavy atom. The van der Waals surface area contributed by atoms with Crippen LogP contribution in [0.25, 0.3) is 22.1 Å². The zero-order chi connectivity index (χ0) is 20.2. The van der Waals surface area contributed by atoms with E-state index in [4.69, 9.17) is 9.15 Å². The van der Waals surface area contributed by atoms with Crippen LogP contribution in [0.4, 0.5) is 5.69 Å². The fraction of sp³-hybridized carbons (Fsp3) is 0.0833. The highest BCUT2D eigenvalue weighted by Crippen LogP contribution is 2.22. The van der Waals surface area contributed by atoms with Crippen LogP contribution < -0.4 is 15.7 Å². The van der Waals surface area contributed by atoms with E-state index in [1.807, 2.05) is 55.5 Å². The van der Waals surface area contributed by atoms with E-state index in [-0.39, 0.29) is 12.5 Å². The molecule has 0 saturated heterocycles. The number of hydrogen-bond acceptors (Lipinski definition) is 4. The van der Waals surface area contributed by atoms with Crippen LogP contribution in [-0.4, -0.2) is 12.5 Å². The topological polar surface area (TPSA) is 68.5 Å². The quantitative estimate of drug-likeness (QED) is 0.502. The number of carbonyl (C=O) groups excluding carboxylic acids is 1. The first-order chi connectivity index (χ1) is 14.1. The monoisotopic (exact) mass is 385 g/mol. The Bertz CT molecular complexity index is 1230. The van der Waals surface area contributed by atoms with Crippen LogP contribution in [-0.2, 0) is 4.79 Å². The normalized spacial score (nSPS) is 10.7. The molecule has 0 spiro atoms. The molecular formula is C24H19NO4. The number of nitrogens with one attached hydrogen (secondary N) is 1. The number of ether oxygens (including phenoxy) is 1. The lowest BCUT2D eigenvalue weighted by Crippen LogP contribution is -2.20. The maximum absolute atomic E-state index is 12.3. The van der Waals surface area contributed by atoms with E-state index in [2.05, 4.69) is 5.32 Å². The first-order valence-electron chi connectivity index (χ1n) is 9.21. The lowest BCUT2D eigenvalue weighted by molar-refractivity contribution is -0.118. The summed E-state index contributed by atoms with van der Waals surface area (Å²) in [7, 11) is 0. The highest BCUT2D eigenvalue weighted by Gasteiger charge is 2.09. The highest BCUT2D eigenvalue weighted by molar-refractivity contribution is 5.92. The van der Waals surface area contributed by atoms with Crippen LogP contribution in [0.5, 0.6) is 5.75 Å². The number of amides is 1. The molecule has 1 N–H and O–H groups in total. The van der Waals surface area contributed by atoms with E-state index < -0.39 is 5.63 Å². The zero-order valence-corrected chi connectivity index (χ0v) is 15.8. The summed E-state index contributed by atoms with van der Waals surface area (Å²) >= 11 is 0. The van der Waals surface area contributed by atoms with Gasteiger partial charge in [0.25, 0.3) is 5.91 Å². The summed E-state index contributed by atoms with van der Waals surface area (Å²) < 4.78 is 10.9. The van der Waals surface area contributed by atoms with Crippen LogP contribution >= 0.6 is 0 Å². The molecule has 144 valence electrons. The Morgan fingerprint density at radius 3 is 2.55 bits per heavy atom. The van der Waals surface area contributed by atoms with Crippen molar-refractivity contribution in [1.82, 2.24) is 0 Å². The molecule has 0 aliphatic carbocycles. The highest BCUT2D eigenvalue weighted by atomic mass is 16.5. The van der Waals surface area contributed by atoms with E-state index in [0.29, 0.717) is 22.6 Å². The maximum atomic E-state index is 12.3. The number of aryl methyl sites for hydroxylation is 1. The van der Waals surface area contributed by atoms with Gasteiger partial charge in [0.2, 0.25) is 0 Å². The van der Waals surface area contributed by atoms with Crippen LogP contribution in [0.15, 0.2) is 88.1 Å². The number of fused-ring (bicyclic) bond motifs is 1. The van der Waals surface area contributed by atoms with Crippen molar-refractivity contribution in [2.45, 2.75) is 6.92 Å². The molecule has 0 aliphatic rings. The van der Waals surface area contributed by atoms with Crippen molar-refractivity contribution < 1.29 is 13.9 Å². The van der Waals surface area contributed by atoms with Crippen molar-refractivity contribution in [3.05, 3.63) is 94.8 Å². The average Bonchev–Trinajstić information content (AvgIpc) is 2.72. The lowest BCUT2D eigenvalue weighted by Gasteiger charge is -2.09. The van der Waals surface area contributed by atoms with Crippen LogP contribution in [0.1, 0.15) is 5.56 Å².